The molecule has 0 radical (unpaired) electrons. The molecule has 3 rings (SSSR count). The number of hydrogen-bond acceptors (Lipinski definition) is 4. The van der Waals surface area contributed by atoms with Gasteiger partial charge in [-0.15, -0.1) is 0 Å². The Morgan fingerprint density at radius 1 is 1.12 bits per heavy atom. The maximum absolute atomic E-state index is 4.97. The van der Waals surface area contributed by atoms with Crippen molar-refractivity contribution in [2.45, 2.75) is 59.4 Å². The number of aryl methyl sites for hydroxylation is 2. The molecule has 2 aromatic rings. The first-order chi connectivity index (χ1) is 12.1. The van der Waals surface area contributed by atoms with Crippen molar-refractivity contribution in [2.75, 3.05) is 22.9 Å². The van der Waals surface area contributed by atoms with Crippen LogP contribution in [0.4, 0.5) is 17.5 Å². The van der Waals surface area contributed by atoms with Crippen LogP contribution in [0.2, 0.25) is 0 Å². The van der Waals surface area contributed by atoms with Crippen LogP contribution in [0.25, 0.3) is 0 Å². The molecule has 1 fully saturated rings. The molecule has 0 bridgehead atoms. The summed E-state index contributed by atoms with van der Waals surface area (Å²) in [5.74, 6) is 1.89. The minimum absolute atomic E-state index is 0.567. The van der Waals surface area contributed by atoms with E-state index >= 15 is 0 Å². The van der Waals surface area contributed by atoms with Crippen LogP contribution in [-0.4, -0.2) is 29.1 Å². The highest BCUT2D eigenvalue weighted by atomic mass is 15.3. The number of aromatic nitrogens is 2. The summed E-state index contributed by atoms with van der Waals surface area (Å²) in [7, 11) is 0. The van der Waals surface area contributed by atoms with E-state index in [2.05, 4.69) is 67.8 Å². The van der Waals surface area contributed by atoms with Gasteiger partial charge >= 0.3 is 0 Å². The number of anilines is 3. The summed E-state index contributed by atoms with van der Waals surface area (Å²) < 4.78 is 0. The number of piperidine rings is 1. The standard InChI is InChI=1S/C21H30N4/c1-5-18-11-7-8-13-25(18)21-22-17(4)15-20(23-21)24(6-2)19-12-9-10-16(3)14-19/h9-10,12,14-15,18H,5-8,11,13H2,1-4H3. The van der Waals surface area contributed by atoms with Crippen LogP contribution in [0.1, 0.15) is 50.8 Å². The van der Waals surface area contributed by atoms with Gasteiger partial charge in [0.1, 0.15) is 5.82 Å². The molecule has 25 heavy (non-hydrogen) atoms. The Balaban J connectivity index is 1.97. The van der Waals surface area contributed by atoms with Crippen molar-refractivity contribution in [3.05, 3.63) is 41.6 Å². The van der Waals surface area contributed by atoms with Gasteiger partial charge in [-0.25, -0.2) is 4.98 Å². The predicted octanol–water partition coefficient (Wildman–Crippen LogP) is 5.02. The molecular formula is C21H30N4. The van der Waals surface area contributed by atoms with Gasteiger partial charge in [0.25, 0.3) is 0 Å². The summed E-state index contributed by atoms with van der Waals surface area (Å²) in [5, 5.41) is 0. The lowest BCUT2D eigenvalue weighted by Crippen LogP contribution is -2.40. The van der Waals surface area contributed by atoms with Gasteiger partial charge in [-0.3, -0.25) is 0 Å². The first-order valence-corrected chi connectivity index (χ1v) is 9.59. The highest BCUT2D eigenvalue weighted by molar-refractivity contribution is 5.62. The Labute approximate surface area is 151 Å². The molecule has 0 aliphatic carbocycles. The van der Waals surface area contributed by atoms with E-state index in [9.17, 15) is 0 Å². The second kappa shape index (κ2) is 7.85. The predicted molar refractivity (Wildman–Crippen MR) is 106 cm³/mol. The van der Waals surface area contributed by atoms with Crippen LogP contribution in [0.15, 0.2) is 30.3 Å². The molecule has 0 amide bonds. The lowest BCUT2D eigenvalue weighted by atomic mass is 10.0. The molecule has 1 aliphatic rings. The van der Waals surface area contributed by atoms with Crippen LogP contribution in [0.5, 0.6) is 0 Å². The Bertz CT molecular complexity index is 713. The molecule has 0 N–H and O–H groups in total. The van der Waals surface area contributed by atoms with Gasteiger partial charge in [0, 0.05) is 36.6 Å². The summed E-state index contributed by atoms with van der Waals surface area (Å²) >= 11 is 0. The average Bonchev–Trinajstić information content (AvgIpc) is 2.62. The van der Waals surface area contributed by atoms with Gasteiger partial charge < -0.3 is 9.80 Å². The largest absolute Gasteiger partial charge is 0.338 e. The highest BCUT2D eigenvalue weighted by Gasteiger charge is 2.24. The monoisotopic (exact) mass is 338 g/mol. The molecule has 0 saturated carbocycles. The summed E-state index contributed by atoms with van der Waals surface area (Å²) in [6.07, 6.45) is 4.96. The fraction of sp³-hybridized carbons (Fsp3) is 0.524. The lowest BCUT2D eigenvalue weighted by Gasteiger charge is -2.36. The second-order valence-corrected chi connectivity index (χ2v) is 7.00. The number of benzene rings is 1. The molecule has 1 unspecified atom stereocenters. The Morgan fingerprint density at radius 2 is 1.96 bits per heavy atom. The van der Waals surface area contributed by atoms with Gasteiger partial charge in [0.05, 0.1) is 0 Å². The third kappa shape index (κ3) is 3.94. The summed E-state index contributed by atoms with van der Waals surface area (Å²) in [4.78, 5) is 14.4. The van der Waals surface area contributed by atoms with Crippen molar-refractivity contribution in [1.82, 2.24) is 9.97 Å². The molecule has 1 aliphatic heterocycles. The number of rotatable bonds is 5. The van der Waals surface area contributed by atoms with Crippen molar-refractivity contribution in [2.24, 2.45) is 0 Å². The third-order valence-electron chi connectivity index (χ3n) is 5.09. The molecule has 2 heterocycles. The van der Waals surface area contributed by atoms with Gasteiger partial charge in [-0.1, -0.05) is 19.1 Å². The first-order valence-electron chi connectivity index (χ1n) is 9.59. The summed E-state index contributed by atoms with van der Waals surface area (Å²) in [6, 6.07) is 11.3. The summed E-state index contributed by atoms with van der Waals surface area (Å²) in [6.45, 7) is 10.6. The maximum Gasteiger partial charge on any atom is 0.227 e. The van der Waals surface area contributed by atoms with Crippen LogP contribution >= 0.6 is 0 Å². The molecular weight excluding hydrogens is 308 g/mol. The van der Waals surface area contributed by atoms with Crippen LogP contribution in [0, 0.1) is 13.8 Å². The lowest BCUT2D eigenvalue weighted by molar-refractivity contribution is 0.443. The smallest absolute Gasteiger partial charge is 0.227 e. The SMILES string of the molecule is CCC1CCCCN1c1nc(C)cc(N(CC)c2cccc(C)c2)n1. The highest BCUT2D eigenvalue weighted by Crippen LogP contribution is 2.29. The van der Waals surface area contributed by atoms with Gasteiger partial charge in [-0.2, -0.15) is 4.98 Å². The topological polar surface area (TPSA) is 32.3 Å². The van der Waals surface area contributed by atoms with E-state index in [4.69, 9.17) is 9.97 Å². The minimum atomic E-state index is 0.567. The fourth-order valence-electron chi connectivity index (χ4n) is 3.76. The van der Waals surface area contributed by atoms with E-state index in [0.717, 1.165) is 37.0 Å². The zero-order chi connectivity index (χ0) is 17.8. The second-order valence-electron chi connectivity index (χ2n) is 7.00. The first kappa shape index (κ1) is 17.7. The number of nitrogens with zero attached hydrogens (tertiary/aromatic N) is 4. The molecule has 1 saturated heterocycles. The van der Waals surface area contributed by atoms with E-state index in [-0.39, 0.29) is 0 Å². The van der Waals surface area contributed by atoms with Gasteiger partial charge in [0.15, 0.2) is 0 Å². The van der Waals surface area contributed by atoms with E-state index in [1.165, 1.54) is 30.5 Å². The maximum atomic E-state index is 4.97. The Hall–Kier alpha value is -2.10. The van der Waals surface area contributed by atoms with Crippen molar-refractivity contribution in [1.29, 1.82) is 0 Å². The molecule has 4 nitrogen and oxygen atoms in total. The fourth-order valence-corrected chi connectivity index (χ4v) is 3.76. The number of hydrogen-bond donors (Lipinski definition) is 0. The Morgan fingerprint density at radius 3 is 2.68 bits per heavy atom. The van der Waals surface area contributed by atoms with Crippen molar-refractivity contribution in [3.63, 3.8) is 0 Å². The van der Waals surface area contributed by atoms with Crippen molar-refractivity contribution >= 4 is 17.5 Å². The summed E-state index contributed by atoms with van der Waals surface area (Å²) in [5.41, 5.74) is 3.49. The van der Waals surface area contributed by atoms with Crippen LogP contribution in [0.3, 0.4) is 0 Å². The third-order valence-corrected chi connectivity index (χ3v) is 5.09. The molecule has 0 spiro atoms. The normalized spacial score (nSPS) is 17.6. The van der Waals surface area contributed by atoms with Gasteiger partial charge in [-0.05, 0) is 64.2 Å². The Kier molecular flexibility index (Phi) is 5.57. The van der Waals surface area contributed by atoms with E-state index in [1.54, 1.807) is 0 Å². The molecule has 1 aromatic heterocycles. The van der Waals surface area contributed by atoms with E-state index in [1.807, 2.05) is 0 Å². The zero-order valence-electron chi connectivity index (χ0n) is 16.0. The van der Waals surface area contributed by atoms with E-state index < -0.39 is 0 Å². The molecule has 1 atom stereocenters. The van der Waals surface area contributed by atoms with Crippen LogP contribution in [-0.2, 0) is 0 Å². The van der Waals surface area contributed by atoms with E-state index in [0.29, 0.717) is 6.04 Å². The van der Waals surface area contributed by atoms with Gasteiger partial charge in [0.2, 0.25) is 5.95 Å². The minimum Gasteiger partial charge on any atom is -0.338 e. The molecule has 1 aromatic carbocycles. The quantitative estimate of drug-likeness (QED) is 0.766. The van der Waals surface area contributed by atoms with Crippen molar-refractivity contribution in [3.8, 4) is 0 Å². The zero-order valence-corrected chi connectivity index (χ0v) is 16.0. The van der Waals surface area contributed by atoms with Crippen LogP contribution < -0.4 is 9.80 Å². The average molecular weight is 338 g/mol. The molecule has 4 heteroatoms. The molecule has 134 valence electrons. The van der Waals surface area contributed by atoms with Crippen molar-refractivity contribution < 1.29 is 0 Å².